The number of nitrogens with zero attached hydrogens (tertiary/aromatic N) is 1. The molecule has 0 bridgehead atoms. The van der Waals surface area contributed by atoms with E-state index in [0.29, 0.717) is 28.9 Å². The molecule has 1 amide bonds. The second-order valence-electron chi connectivity index (χ2n) is 5.68. The van der Waals surface area contributed by atoms with Crippen LogP contribution in [0.25, 0.3) is 6.08 Å². The van der Waals surface area contributed by atoms with E-state index in [1.165, 1.54) is 4.90 Å². The van der Waals surface area contributed by atoms with Crippen molar-refractivity contribution in [2.24, 2.45) is 0 Å². The molecule has 27 heavy (non-hydrogen) atoms. The van der Waals surface area contributed by atoms with Gasteiger partial charge in [0.15, 0.2) is 5.76 Å². The fraction of sp³-hybridized carbons (Fsp3) is 0.100. The highest BCUT2D eigenvalue weighted by molar-refractivity contribution is 7.80. The summed E-state index contributed by atoms with van der Waals surface area (Å²) in [7, 11) is 0. The Kier molecular flexibility index (Phi) is 6.16. The van der Waals surface area contributed by atoms with E-state index in [0.717, 1.165) is 11.1 Å². The fourth-order valence-electron chi connectivity index (χ4n) is 2.43. The molecule has 0 unspecified atom stereocenters. The van der Waals surface area contributed by atoms with Crippen LogP contribution in [0.1, 0.15) is 11.1 Å². The van der Waals surface area contributed by atoms with Gasteiger partial charge in [0.05, 0.1) is 0 Å². The number of halogens is 2. The quantitative estimate of drug-likeness (QED) is 0.364. The number of carbonyl (C=O) groups excluding carboxylic acids is 1. The molecule has 1 heterocycles. The highest BCUT2D eigenvalue weighted by Crippen LogP contribution is 2.25. The standard InChI is InChI=1S/C20H15Cl2NO3S/c1-2-8-23-19(24)18(26-20(23)27)10-13-4-3-5-16(9-13)25-12-14-6-7-15(21)11-17(14)22/h2-7,9-11H,1,8,12H2/b18-10+. The van der Waals surface area contributed by atoms with Crippen molar-refractivity contribution in [1.29, 1.82) is 0 Å². The van der Waals surface area contributed by atoms with E-state index in [4.69, 9.17) is 44.9 Å². The summed E-state index contributed by atoms with van der Waals surface area (Å²) < 4.78 is 11.2. The first-order chi connectivity index (χ1) is 13.0. The van der Waals surface area contributed by atoms with Crippen molar-refractivity contribution in [2.45, 2.75) is 6.61 Å². The molecule has 2 aromatic carbocycles. The minimum atomic E-state index is -0.292. The number of carbonyl (C=O) groups is 1. The van der Waals surface area contributed by atoms with E-state index in [1.54, 1.807) is 30.4 Å². The summed E-state index contributed by atoms with van der Waals surface area (Å²) in [5.41, 5.74) is 1.57. The van der Waals surface area contributed by atoms with Gasteiger partial charge in [-0.1, -0.05) is 47.5 Å². The van der Waals surface area contributed by atoms with Crippen LogP contribution in [0, 0.1) is 0 Å². The molecular formula is C20H15Cl2NO3S. The summed E-state index contributed by atoms with van der Waals surface area (Å²) in [6.07, 6.45) is 3.21. The zero-order valence-corrected chi connectivity index (χ0v) is 16.5. The van der Waals surface area contributed by atoms with Gasteiger partial charge in [-0.15, -0.1) is 6.58 Å². The van der Waals surface area contributed by atoms with Gasteiger partial charge in [-0.05, 0) is 48.1 Å². The molecule has 0 saturated carbocycles. The predicted octanol–water partition coefficient (Wildman–Crippen LogP) is 5.24. The van der Waals surface area contributed by atoms with Crippen LogP contribution in [0.5, 0.6) is 5.75 Å². The fourth-order valence-corrected chi connectivity index (χ4v) is 3.14. The van der Waals surface area contributed by atoms with Gasteiger partial charge < -0.3 is 9.47 Å². The molecule has 2 aromatic rings. The van der Waals surface area contributed by atoms with E-state index in [2.05, 4.69) is 6.58 Å². The molecule has 1 saturated heterocycles. The third-order valence-electron chi connectivity index (χ3n) is 3.75. The van der Waals surface area contributed by atoms with Crippen LogP contribution >= 0.6 is 35.4 Å². The monoisotopic (exact) mass is 419 g/mol. The van der Waals surface area contributed by atoms with Gasteiger partial charge in [0.25, 0.3) is 11.1 Å². The summed E-state index contributed by atoms with van der Waals surface area (Å²) >= 11 is 17.1. The van der Waals surface area contributed by atoms with Crippen LogP contribution in [-0.2, 0) is 16.1 Å². The molecule has 7 heteroatoms. The normalized spacial score (nSPS) is 15.2. The number of thiocarbonyl (C=S) groups is 1. The summed E-state index contributed by atoms with van der Waals surface area (Å²) in [5, 5.41) is 1.24. The zero-order chi connectivity index (χ0) is 19.4. The molecule has 0 aliphatic carbocycles. The van der Waals surface area contributed by atoms with Gasteiger partial charge in [0.2, 0.25) is 0 Å². The maximum absolute atomic E-state index is 12.3. The topological polar surface area (TPSA) is 38.8 Å². The van der Waals surface area contributed by atoms with Crippen molar-refractivity contribution in [3.05, 3.63) is 82.1 Å². The predicted molar refractivity (Wildman–Crippen MR) is 111 cm³/mol. The SMILES string of the molecule is C=CCN1C(=O)/C(=C\c2cccc(OCc3ccc(Cl)cc3Cl)c2)OC1=S. The maximum atomic E-state index is 12.3. The molecule has 0 spiro atoms. The van der Waals surface area contributed by atoms with E-state index in [1.807, 2.05) is 24.3 Å². The summed E-state index contributed by atoms with van der Waals surface area (Å²) in [5.74, 6) is 0.505. The molecule has 138 valence electrons. The Balaban J connectivity index is 1.73. The molecule has 0 atom stereocenters. The van der Waals surface area contributed by atoms with Crippen LogP contribution in [0.3, 0.4) is 0 Å². The number of hydrogen-bond acceptors (Lipinski definition) is 4. The molecular weight excluding hydrogens is 405 g/mol. The summed E-state index contributed by atoms with van der Waals surface area (Å²) in [6, 6.07) is 12.5. The van der Waals surface area contributed by atoms with Gasteiger partial charge in [-0.25, -0.2) is 0 Å². The molecule has 1 aliphatic rings. The number of benzene rings is 2. The van der Waals surface area contributed by atoms with Crippen LogP contribution < -0.4 is 4.74 Å². The third-order valence-corrected chi connectivity index (χ3v) is 4.64. The number of ether oxygens (including phenoxy) is 2. The highest BCUT2D eigenvalue weighted by Gasteiger charge is 2.32. The molecule has 0 radical (unpaired) electrons. The number of amides is 1. The van der Waals surface area contributed by atoms with Crippen molar-refractivity contribution < 1.29 is 14.3 Å². The Morgan fingerprint density at radius 1 is 1.22 bits per heavy atom. The second kappa shape index (κ2) is 8.57. The zero-order valence-electron chi connectivity index (χ0n) is 14.2. The van der Waals surface area contributed by atoms with E-state index < -0.39 is 0 Å². The van der Waals surface area contributed by atoms with Crippen molar-refractivity contribution in [1.82, 2.24) is 4.90 Å². The average molecular weight is 420 g/mol. The Labute approximate surface area is 172 Å². The molecule has 0 aromatic heterocycles. The first kappa shape index (κ1) is 19.4. The van der Waals surface area contributed by atoms with Crippen molar-refractivity contribution >= 4 is 52.6 Å². The van der Waals surface area contributed by atoms with Gasteiger partial charge in [-0.2, -0.15) is 0 Å². The van der Waals surface area contributed by atoms with Crippen molar-refractivity contribution in [2.75, 3.05) is 6.54 Å². The molecule has 1 aliphatic heterocycles. The molecule has 4 nitrogen and oxygen atoms in total. The highest BCUT2D eigenvalue weighted by atomic mass is 35.5. The van der Waals surface area contributed by atoms with Gasteiger partial charge in [0, 0.05) is 22.2 Å². The Morgan fingerprint density at radius 2 is 2.04 bits per heavy atom. The largest absolute Gasteiger partial charge is 0.489 e. The van der Waals surface area contributed by atoms with Crippen LogP contribution in [0.4, 0.5) is 0 Å². The van der Waals surface area contributed by atoms with Gasteiger partial charge in [-0.3, -0.25) is 9.69 Å². The first-order valence-corrected chi connectivity index (χ1v) is 9.17. The Bertz CT molecular complexity index is 943. The minimum absolute atomic E-state index is 0.121. The van der Waals surface area contributed by atoms with E-state index in [9.17, 15) is 4.79 Å². The van der Waals surface area contributed by atoms with E-state index in [-0.39, 0.29) is 16.8 Å². The second-order valence-corrected chi connectivity index (χ2v) is 6.87. The first-order valence-electron chi connectivity index (χ1n) is 8.01. The average Bonchev–Trinajstić information content (AvgIpc) is 2.89. The van der Waals surface area contributed by atoms with Gasteiger partial charge in [0.1, 0.15) is 12.4 Å². The lowest BCUT2D eigenvalue weighted by Crippen LogP contribution is -2.28. The summed E-state index contributed by atoms with van der Waals surface area (Å²) in [6.45, 7) is 4.21. The van der Waals surface area contributed by atoms with Crippen LogP contribution in [-0.4, -0.2) is 22.5 Å². The lowest BCUT2D eigenvalue weighted by atomic mass is 10.2. The van der Waals surface area contributed by atoms with Crippen LogP contribution in [0.15, 0.2) is 60.9 Å². The lowest BCUT2D eigenvalue weighted by Gasteiger charge is -2.09. The Hall–Kier alpha value is -2.34. The van der Waals surface area contributed by atoms with E-state index >= 15 is 0 Å². The van der Waals surface area contributed by atoms with Gasteiger partial charge >= 0.3 is 0 Å². The number of rotatable bonds is 6. The summed E-state index contributed by atoms with van der Waals surface area (Å²) in [4.78, 5) is 13.7. The van der Waals surface area contributed by atoms with Crippen molar-refractivity contribution in [3.63, 3.8) is 0 Å². The third kappa shape index (κ3) is 4.69. The minimum Gasteiger partial charge on any atom is -0.489 e. The maximum Gasteiger partial charge on any atom is 0.297 e. The molecule has 0 N–H and O–H groups in total. The lowest BCUT2D eigenvalue weighted by molar-refractivity contribution is -0.122. The molecule has 1 fully saturated rings. The van der Waals surface area contributed by atoms with Crippen molar-refractivity contribution in [3.8, 4) is 5.75 Å². The smallest absolute Gasteiger partial charge is 0.297 e. The molecule has 3 rings (SSSR count). The Morgan fingerprint density at radius 3 is 2.78 bits per heavy atom. The number of hydrogen-bond donors (Lipinski definition) is 0. The van der Waals surface area contributed by atoms with Crippen LogP contribution in [0.2, 0.25) is 10.0 Å².